The van der Waals surface area contributed by atoms with Crippen molar-refractivity contribution in [3.05, 3.63) is 84.7 Å². The van der Waals surface area contributed by atoms with Crippen molar-refractivity contribution in [1.29, 1.82) is 0 Å². The first kappa shape index (κ1) is 27.6. The molecule has 0 saturated carbocycles. The lowest BCUT2D eigenvalue weighted by atomic mass is 10.0. The Morgan fingerprint density at radius 1 is 0.786 bits per heavy atom. The Kier molecular flexibility index (Phi) is 6.04. The van der Waals surface area contributed by atoms with Crippen LogP contribution < -0.4 is 15.1 Å². The van der Waals surface area contributed by atoms with Gasteiger partial charge >= 0.3 is 32.2 Å². The number of amides is 3. The average molecular weight is 608 g/mol. The number of fused-ring (bicyclic) bond motifs is 3. The lowest BCUT2D eigenvalue weighted by Crippen LogP contribution is -2.48. The zero-order chi connectivity index (χ0) is 30.2. The van der Waals surface area contributed by atoms with Crippen LogP contribution in [0.2, 0.25) is 0 Å². The molecule has 7 rings (SSSR count). The summed E-state index contributed by atoms with van der Waals surface area (Å²) in [5, 5.41) is 6.65. The van der Waals surface area contributed by atoms with Crippen LogP contribution in [-0.2, 0) is 27.3 Å². The van der Waals surface area contributed by atoms with Crippen LogP contribution in [0.25, 0.3) is 21.5 Å². The molecule has 5 aromatic rings. The highest BCUT2D eigenvalue weighted by atomic mass is 32.2. The fraction of sp³-hybridized carbons (Fsp3) is 0.0714. The maximum atomic E-state index is 14.7. The van der Waals surface area contributed by atoms with Gasteiger partial charge in [-0.3, -0.25) is 9.11 Å². The third-order valence-electron chi connectivity index (χ3n) is 7.44. The number of benzene rings is 4. The van der Waals surface area contributed by atoms with Crippen molar-refractivity contribution in [2.75, 3.05) is 17.7 Å². The number of nitrogens with zero attached hydrogens (tertiary/aromatic N) is 2. The first-order chi connectivity index (χ1) is 19.7. The molecule has 4 N–H and O–H groups in total. The second-order valence-electron chi connectivity index (χ2n) is 10.1. The molecule has 1 aromatic heterocycles. The second kappa shape index (κ2) is 9.20. The predicted molar refractivity (Wildman–Crippen MR) is 157 cm³/mol. The lowest BCUT2D eigenvalue weighted by Gasteiger charge is -2.34. The number of aromatic nitrogens is 1. The Hall–Kier alpha value is -4.60. The Morgan fingerprint density at radius 3 is 2.02 bits per heavy atom. The molecular weight excluding hydrogens is 584 g/mol. The van der Waals surface area contributed by atoms with E-state index < -0.39 is 46.4 Å². The molecular formula is C28H23N4O8S2+. The monoisotopic (exact) mass is 607 g/mol. The van der Waals surface area contributed by atoms with Gasteiger partial charge in [-0.05, 0) is 70.8 Å². The van der Waals surface area contributed by atoms with E-state index in [1.807, 2.05) is 0 Å². The van der Waals surface area contributed by atoms with Crippen LogP contribution >= 0.6 is 0 Å². The van der Waals surface area contributed by atoms with Gasteiger partial charge in [-0.15, -0.1) is 0 Å². The van der Waals surface area contributed by atoms with Crippen LogP contribution in [0.15, 0.2) is 88.8 Å². The zero-order valence-electron chi connectivity index (χ0n) is 22.1. The molecule has 3 amide bonds. The molecule has 0 fully saturated rings. The molecule has 0 radical (unpaired) electrons. The SMILES string of the molecule is Cn1cccc1C(=O)[N+]1(C)c2cc3cc(ccc3cc2S(=O)(=O)O)NC(=O)Nc2ccc3c1c(S(=O)(=O)O)ccc3c2. The lowest BCUT2D eigenvalue weighted by molar-refractivity contribution is 0.0849. The van der Waals surface area contributed by atoms with Gasteiger partial charge in [0.05, 0.1) is 7.05 Å². The maximum absolute atomic E-state index is 14.7. The van der Waals surface area contributed by atoms with E-state index in [4.69, 9.17) is 0 Å². The quantitative estimate of drug-likeness (QED) is 0.166. The number of aryl methyl sites for hydroxylation is 1. The van der Waals surface area contributed by atoms with E-state index in [-0.39, 0.29) is 22.5 Å². The molecule has 42 heavy (non-hydrogen) atoms. The molecule has 2 aliphatic heterocycles. The maximum Gasteiger partial charge on any atom is 0.372 e. The number of hydrogen-bond donors (Lipinski definition) is 4. The Bertz CT molecular complexity index is 2220. The topological polar surface area (TPSA) is 172 Å². The predicted octanol–water partition coefficient (Wildman–Crippen LogP) is 4.89. The van der Waals surface area contributed by atoms with Gasteiger partial charge < -0.3 is 15.2 Å². The van der Waals surface area contributed by atoms with E-state index in [0.717, 1.165) is 6.07 Å². The summed E-state index contributed by atoms with van der Waals surface area (Å²) in [4.78, 5) is 26.1. The summed E-state index contributed by atoms with van der Waals surface area (Å²) in [6, 6.07) is 16.6. The van der Waals surface area contributed by atoms with Crippen LogP contribution in [0.5, 0.6) is 0 Å². The summed E-state index contributed by atoms with van der Waals surface area (Å²) in [6.07, 6.45) is 1.59. The highest BCUT2D eigenvalue weighted by Gasteiger charge is 2.47. The van der Waals surface area contributed by atoms with Gasteiger partial charge in [0.2, 0.25) is 0 Å². The summed E-state index contributed by atoms with van der Waals surface area (Å²) in [5.41, 5.74) is 0.191. The minimum absolute atomic E-state index is 0.0811. The third-order valence-corrected chi connectivity index (χ3v) is 9.21. The van der Waals surface area contributed by atoms with Crippen LogP contribution in [0.3, 0.4) is 0 Å². The molecule has 0 aliphatic carbocycles. The normalized spacial score (nSPS) is 17.1. The number of hydrogen-bond acceptors (Lipinski definition) is 6. The largest absolute Gasteiger partial charge is 0.372 e. The number of anilines is 2. The van der Waals surface area contributed by atoms with Crippen molar-refractivity contribution < 1.29 is 35.5 Å². The number of carbonyl (C=O) groups is 2. The van der Waals surface area contributed by atoms with E-state index in [1.54, 1.807) is 31.4 Å². The highest BCUT2D eigenvalue weighted by Crippen LogP contribution is 2.47. The molecule has 4 aromatic carbocycles. The van der Waals surface area contributed by atoms with Gasteiger partial charge in [-0.25, -0.2) is 9.59 Å². The summed E-state index contributed by atoms with van der Waals surface area (Å²) < 4.78 is 72.8. The van der Waals surface area contributed by atoms with Crippen LogP contribution in [0, 0.1) is 0 Å². The molecule has 3 heterocycles. The standard InChI is InChI=1S/C28H22N4O8S2/c1-31-11-3-4-22(31)27(33)32(2)23-14-18-13-19(7-5-16(18)15-25(23)42(38,39)40)29-28(34)30-20-8-9-21-17(12-20)6-10-24(26(21)32)41(35,36)37/h3-15H,1-2H3,(H3-,29,30,34,35,36,37,38,39,40)/p+1. The molecule has 2 aliphatic rings. The van der Waals surface area contributed by atoms with E-state index in [9.17, 15) is 35.5 Å². The van der Waals surface area contributed by atoms with Crippen LogP contribution in [0.1, 0.15) is 10.5 Å². The third kappa shape index (κ3) is 4.33. The average Bonchev–Trinajstić information content (AvgIpc) is 3.34. The molecule has 7 bridgehead atoms. The van der Waals surface area contributed by atoms with Gasteiger partial charge in [0.15, 0.2) is 21.2 Å². The molecule has 1 atom stereocenters. The molecule has 12 nitrogen and oxygen atoms in total. The molecule has 214 valence electrons. The summed E-state index contributed by atoms with van der Waals surface area (Å²) >= 11 is 0. The van der Waals surface area contributed by atoms with Crippen molar-refractivity contribution in [2.45, 2.75) is 9.79 Å². The number of carbonyl (C=O) groups excluding carboxylic acids is 2. The van der Waals surface area contributed by atoms with Crippen molar-refractivity contribution in [2.24, 2.45) is 7.05 Å². The first-order valence-electron chi connectivity index (χ1n) is 12.4. The first-order valence-corrected chi connectivity index (χ1v) is 15.3. The highest BCUT2D eigenvalue weighted by molar-refractivity contribution is 7.86. The van der Waals surface area contributed by atoms with Crippen molar-refractivity contribution in [3.63, 3.8) is 0 Å². The van der Waals surface area contributed by atoms with Crippen LogP contribution in [-0.4, -0.2) is 49.5 Å². The fourth-order valence-corrected chi connectivity index (χ4v) is 7.04. The summed E-state index contributed by atoms with van der Waals surface area (Å²) in [6.45, 7) is 0. The number of urea groups is 1. The second-order valence-corrected chi connectivity index (χ2v) is 12.9. The van der Waals surface area contributed by atoms with Gasteiger partial charge in [0.1, 0.15) is 5.69 Å². The van der Waals surface area contributed by atoms with E-state index >= 15 is 0 Å². The number of nitrogens with one attached hydrogen (secondary N) is 2. The Morgan fingerprint density at radius 2 is 1.40 bits per heavy atom. The minimum Gasteiger partial charge on any atom is -0.343 e. The van der Waals surface area contributed by atoms with Crippen molar-refractivity contribution in [3.8, 4) is 0 Å². The number of quaternary nitrogens is 1. The number of rotatable bonds is 3. The fourth-order valence-electron chi connectivity index (χ4n) is 5.48. The summed E-state index contributed by atoms with van der Waals surface area (Å²) in [5.74, 6) is -0.761. The molecule has 0 saturated heterocycles. The zero-order valence-corrected chi connectivity index (χ0v) is 23.7. The van der Waals surface area contributed by atoms with Gasteiger partial charge in [0, 0.05) is 36.1 Å². The Balaban J connectivity index is 1.90. The van der Waals surface area contributed by atoms with Gasteiger partial charge in [-0.1, -0.05) is 12.1 Å². The van der Waals surface area contributed by atoms with Crippen molar-refractivity contribution in [1.82, 2.24) is 9.05 Å². The van der Waals surface area contributed by atoms with E-state index in [0.29, 0.717) is 27.5 Å². The van der Waals surface area contributed by atoms with Gasteiger partial charge in [-0.2, -0.15) is 21.3 Å². The minimum atomic E-state index is -5.02. The van der Waals surface area contributed by atoms with Crippen molar-refractivity contribution >= 4 is 76.5 Å². The molecule has 1 unspecified atom stereocenters. The van der Waals surface area contributed by atoms with Gasteiger partial charge in [0.25, 0.3) is 0 Å². The summed E-state index contributed by atoms with van der Waals surface area (Å²) in [7, 11) is -7.13. The van der Waals surface area contributed by atoms with Crippen LogP contribution in [0.4, 0.5) is 27.5 Å². The molecule has 0 spiro atoms. The van der Waals surface area contributed by atoms with E-state index in [2.05, 4.69) is 10.6 Å². The smallest absolute Gasteiger partial charge is 0.343 e. The molecule has 14 heteroatoms. The van der Waals surface area contributed by atoms with E-state index in [1.165, 1.54) is 60.1 Å². The Labute approximate surface area is 239 Å².